The van der Waals surface area contributed by atoms with Gasteiger partial charge in [-0.3, -0.25) is 9.59 Å². The van der Waals surface area contributed by atoms with Crippen LogP contribution in [-0.2, 0) is 4.79 Å². The summed E-state index contributed by atoms with van der Waals surface area (Å²) in [6.45, 7) is 1.62. The van der Waals surface area contributed by atoms with Crippen LogP contribution in [0.1, 0.15) is 10.4 Å². The van der Waals surface area contributed by atoms with E-state index in [9.17, 15) is 22.8 Å². The molecule has 0 aromatic heterocycles. The van der Waals surface area contributed by atoms with E-state index in [1.165, 1.54) is 12.1 Å². The summed E-state index contributed by atoms with van der Waals surface area (Å²) in [7, 11) is 0. The van der Waals surface area contributed by atoms with Crippen LogP contribution in [0.3, 0.4) is 0 Å². The topological polar surface area (TPSA) is 74.6 Å². The van der Waals surface area contributed by atoms with Gasteiger partial charge in [0.2, 0.25) is 5.96 Å². The van der Waals surface area contributed by atoms with Gasteiger partial charge >= 0.3 is 6.36 Å². The van der Waals surface area contributed by atoms with Crippen molar-refractivity contribution in [3.8, 4) is 5.75 Å². The molecule has 10 heteroatoms. The second-order valence-corrected chi connectivity index (χ2v) is 6.86. The number of aliphatic imine (C=N–C) groups is 2. The maximum atomic E-state index is 12.6. The lowest BCUT2D eigenvalue weighted by Crippen LogP contribution is -2.51. The summed E-state index contributed by atoms with van der Waals surface area (Å²) in [6.07, 6.45) is 2.35. The Balaban J connectivity index is 1.37. The van der Waals surface area contributed by atoms with E-state index in [0.717, 1.165) is 12.1 Å². The first-order chi connectivity index (χ1) is 14.3. The van der Waals surface area contributed by atoms with Gasteiger partial charge in [0.15, 0.2) is 0 Å². The van der Waals surface area contributed by atoms with Crippen molar-refractivity contribution >= 4 is 23.5 Å². The summed E-state index contributed by atoms with van der Waals surface area (Å²) < 4.78 is 40.6. The van der Waals surface area contributed by atoms with Gasteiger partial charge in [-0.05, 0) is 30.3 Å². The highest BCUT2D eigenvalue weighted by Crippen LogP contribution is 2.23. The van der Waals surface area contributed by atoms with Crippen LogP contribution in [0, 0.1) is 5.92 Å². The SMILES string of the molecule is O=C1N=C(N2CCN(C(=O)c3ccc(OC(F)(F)F)cc3)CC2)N=C2C=CC=CC12. The predicted molar refractivity (Wildman–Crippen MR) is 102 cm³/mol. The molecule has 1 fully saturated rings. The van der Waals surface area contributed by atoms with Crippen molar-refractivity contribution < 1.29 is 27.5 Å². The largest absolute Gasteiger partial charge is 0.573 e. The first-order valence-corrected chi connectivity index (χ1v) is 9.26. The van der Waals surface area contributed by atoms with Gasteiger partial charge in [-0.15, -0.1) is 13.2 Å². The number of fused-ring (bicyclic) bond motifs is 1. The van der Waals surface area contributed by atoms with E-state index in [2.05, 4.69) is 14.7 Å². The molecule has 1 aromatic carbocycles. The Kier molecular flexibility index (Phi) is 5.15. The third-order valence-corrected chi connectivity index (χ3v) is 4.89. The number of allylic oxidation sites excluding steroid dienone is 3. The molecule has 156 valence electrons. The number of halogens is 3. The molecule has 1 atom stereocenters. The van der Waals surface area contributed by atoms with E-state index in [0.29, 0.717) is 37.9 Å². The molecular formula is C20H17F3N4O3. The fraction of sp³-hybridized carbons (Fsp3) is 0.300. The van der Waals surface area contributed by atoms with E-state index in [-0.39, 0.29) is 23.1 Å². The molecule has 0 saturated carbocycles. The molecule has 1 saturated heterocycles. The number of guanidine groups is 1. The maximum absolute atomic E-state index is 12.6. The van der Waals surface area contributed by atoms with Crippen LogP contribution < -0.4 is 4.74 Å². The van der Waals surface area contributed by atoms with Crippen molar-refractivity contribution in [1.82, 2.24) is 9.80 Å². The molecule has 0 N–H and O–H groups in total. The molecule has 30 heavy (non-hydrogen) atoms. The zero-order chi connectivity index (χ0) is 21.3. The highest BCUT2D eigenvalue weighted by molar-refractivity contribution is 6.21. The molecular weight excluding hydrogens is 401 g/mol. The van der Waals surface area contributed by atoms with Crippen molar-refractivity contribution in [2.75, 3.05) is 26.2 Å². The van der Waals surface area contributed by atoms with E-state index in [1.807, 2.05) is 11.0 Å². The lowest BCUT2D eigenvalue weighted by Gasteiger charge is -2.36. The van der Waals surface area contributed by atoms with Crippen molar-refractivity contribution in [2.45, 2.75) is 6.36 Å². The molecule has 0 radical (unpaired) electrons. The van der Waals surface area contributed by atoms with E-state index in [4.69, 9.17) is 0 Å². The summed E-state index contributed by atoms with van der Waals surface area (Å²) in [5.41, 5.74) is 0.914. The van der Waals surface area contributed by atoms with Crippen molar-refractivity contribution in [1.29, 1.82) is 0 Å². The molecule has 3 aliphatic rings. The monoisotopic (exact) mass is 418 g/mol. The molecule has 2 aliphatic heterocycles. The minimum absolute atomic E-state index is 0.268. The van der Waals surface area contributed by atoms with Crippen LogP contribution in [0.15, 0.2) is 58.6 Å². The number of alkyl halides is 3. The highest BCUT2D eigenvalue weighted by atomic mass is 19.4. The smallest absolute Gasteiger partial charge is 0.406 e. The Labute approximate surface area is 169 Å². The van der Waals surface area contributed by atoms with Crippen molar-refractivity contribution in [3.63, 3.8) is 0 Å². The Morgan fingerprint density at radius 3 is 2.40 bits per heavy atom. The van der Waals surface area contributed by atoms with Gasteiger partial charge in [-0.1, -0.05) is 18.2 Å². The number of ether oxygens (including phenoxy) is 1. The van der Waals surface area contributed by atoms with Gasteiger partial charge in [-0.2, -0.15) is 4.99 Å². The Hall–Kier alpha value is -3.43. The quantitative estimate of drug-likeness (QED) is 0.740. The molecule has 0 bridgehead atoms. The number of benzene rings is 1. The normalized spacial score (nSPS) is 21.2. The molecule has 1 aromatic rings. The lowest BCUT2D eigenvalue weighted by molar-refractivity contribution is -0.274. The van der Waals surface area contributed by atoms with E-state index < -0.39 is 12.3 Å². The van der Waals surface area contributed by atoms with Gasteiger partial charge in [0, 0.05) is 31.7 Å². The average molecular weight is 418 g/mol. The molecule has 0 spiro atoms. The lowest BCUT2D eigenvalue weighted by atomic mass is 9.97. The molecule has 4 rings (SSSR count). The third kappa shape index (κ3) is 4.27. The maximum Gasteiger partial charge on any atom is 0.573 e. The van der Waals surface area contributed by atoms with Crippen LogP contribution in [-0.4, -0.2) is 65.8 Å². The number of rotatable bonds is 2. The molecule has 2 amide bonds. The Morgan fingerprint density at radius 1 is 1.03 bits per heavy atom. The number of hydrogen-bond acceptors (Lipinski definition) is 5. The zero-order valence-electron chi connectivity index (χ0n) is 15.7. The number of carbonyl (C=O) groups excluding carboxylic acids is 2. The average Bonchev–Trinajstić information content (AvgIpc) is 2.73. The van der Waals surface area contributed by atoms with Crippen molar-refractivity contribution in [2.24, 2.45) is 15.9 Å². The highest BCUT2D eigenvalue weighted by Gasteiger charge is 2.32. The number of amides is 2. The Morgan fingerprint density at radius 2 is 1.73 bits per heavy atom. The molecule has 1 aliphatic carbocycles. The minimum Gasteiger partial charge on any atom is -0.406 e. The van der Waals surface area contributed by atoms with Crippen LogP contribution >= 0.6 is 0 Å². The van der Waals surface area contributed by atoms with Crippen LogP contribution in [0.2, 0.25) is 0 Å². The fourth-order valence-electron chi connectivity index (χ4n) is 3.39. The summed E-state index contributed by atoms with van der Waals surface area (Å²) in [5, 5.41) is 0. The summed E-state index contributed by atoms with van der Waals surface area (Å²) >= 11 is 0. The van der Waals surface area contributed by atoms with Gasteiger partial charge in [0.25, 0.3) is 11.8 Å². The second kappa shape index (κ2) is 7.77. The summed E-state index contributed by atoms with van der Waals surface area (Å²) in [6, 6.07) is 4.82. The minimum atomic E-state index is -4.78. The van der Waals surface area contributed by atoms with E-state index in [1.54, 1.807) is 23.1 Å². The zero-order valence-corrected chi connectivity index (χ0v) is 15.7. The molecule has 2 heterocycles. The standard InChI is InChI=1S/C20H17F3N4O3/c21-20(22,23)30-14-7-5-13(6-8-14)18(29)26-9-11-27(12-10-26)19-24-16-4-2-1-3-15(16)17(28)25-19/h1-8,15H,9-12H2. The fourth-order valence-corrected chi connectivity index (χ4v) is 3.39. The number of hydrogen-bond donors (Lipinski definition) is 0. The number of piperazine rings is 1. The third-order valence-electron chi connectivity index (χ3n) is 4.89. The van der Waals surface area contributed by atoms with Crippen LogP contribution in [0.4, 0.5) is 13.2 Å². The number of carbonyl (C=O) groups is 2. The van der Waals surface area contributed by atoms with Gasteiger partial charge in [0.05, 0.1) is 5.71 Å². The molecule has 7 nitrogen and oxygen atoms in total. The number of nitrogens with zero attached hydrogens (tertiary/aromatic N) is 4. The van der Waals surface area contributed by atoms with Gasteiger partial charge < -0.3 is 14.5 Å². The molecule has 1 unspecified atom stereocenters. The first kappa shape index (κ1) is 19.9. The van der Waals surface area contributed by atoms with Gasteiger partial charge in [0.1, 0.15) is 11.7 Å². The second-order valence-electron chi connectivity index (χ2n) is 6.86. The predicted octanol–water partition coefficient (Wildman–Crippen LogP) is 2.42. The van der Waals surface area contributed by atoms with Crippen LogP contribution in [0.25, 0.3) is 0 Å². The summed E-state index contributed by atoms with van der Waals surface area (Å²) in [5.74, 6) is -1.04. The summed E-state index contributed by atoms with van der Waals surface area (Å²) in [4.78, 5) is 36.9. The van der Waals surface area contributed by atoms with E-state index >= 15 is 0 Å². The van der Waals surface area contributed by atoms with Gasteiger partial charge in [-0.25, -0.2) is 4.99 Å². The first-order valence-electron chi connectivity index (χ1n) is 9.26. The van der Waals surface area contributed by atoms with Crippen LogP contribution in [0.5, 0.6) is 5.75 Å². The van der Waals surface area contributed by atoms with Crippen molar-refractivity contribution in [3.05, 3.63) is 54.1 Å². The Bertz CT molecular complexity index is 972.